The molecule has 0 heterocycles. The highest BCUT2D eigenvalue weighted by molar-refractivity contribution is 7.98. The normalized spacial score (nSPS) is 10.7. The van der Waals surface area contributed by atoms with Crippen molar-refractivity contribution in [1.29, 1.82) is 0 Å². The Morgan fingerprint density at radius 3 is 2.36 bits per heavy atom. The van der Waals surface area contributed by atoms with Gasteiger partial charge in [0.2, 0.25) is 0 Å². The summed E-state index contributed by atoms with van der Waals surface area (Å²) in [5.41, 5.74) is 3.74. The SMILES string of the molecule is Cc1cc(CSc2ccccc2)ccc1NC(=O)c1ccc(OC(C)C)cc1. The summed E-state index contributed by atoms with van der Waals surface area (Å²) < 4.78 is 5.62. The fourth-order valence-corrected chi connectivity index (χ4v) is 3.65. The minimum absolute atomic E-state index is 0.112. The van der Waals surface area contributed by atoms with Gasteiger partial charge in [-0.25, -0.2) is 0 Å². The van der Waals surface area contributed by atoms with E-state index >= 15 is 0 Å². The first-order chi connectivity index (χ1) is 13.5. The molecule has 4 heteroatoms. The molecule has 1 amide bonds. The largest absolute Gasteiger partial charge is 0.491 e. The number of aryl methyl sites for hydroxylation is 1. The van der Waals surface area contributed by atoms with Gasteiger partial charge in [0, 0.05) is 21.9 Å². The number of carbonyl (C=O) groups is 1. The van der Waals surface area contributed by atoms with Crippen LogP contribution in [0.2, 0.25) is 0 Å². The standard InChI is InChI=1S/C24H25NO2S/c1-17(2)27-21-12-10-20(11-13-21)24(26)25-23-14-9-19(15-18(23)3)16-28-22-7-5-4-6-8-22/h4-15,17H,16H2,1-3H3,(H,25,26). The van der Waals surface area contributed by atoms with Gasteiger partial charge in [0.05, 0.1) is 6.10 Å². The highest BCUT2D eigenvalue weighted by Crippen LogP contribution is 2.25. The molecule has 3 aromatic carbocycles. The minimum Gasteiger partial charge on any atom is -0.491 e. The minimum atomic E-state index is -0.120. The van der Waals surface area contributed by atoms with Crippen molar-refractivity contribution in [3.8, 4) is 5.75 Å². The molecule has 0 aliphatic rings. The second-order valence-electron chi connectivity index (χ2n) is 6.90. The Bertz CT molecular complexity index is 921. The Labute approximate surface area is 171 Å². The van der Waals surface area contributed by atoms with Gasteiger partial charge in [-0.15, -0.1) is 11.8 Å². The lowest BCUT2D eigenvalue weighted by molar-refractivity contribution is 0.102. The lowest BCUT2D eigenvalue weighted by Gasteiger charge is -2.12. The molecule has 28 heavy (non-hydrogen) atoms. The highest BCUT2D eigenvalue weighted by Gasteiger charge is 2.09. The second-order valence-corrected chi connectivity index (χ2v) is 7.94. The van der Waals surface area contributed by atoms with Crippen molar-refractivity contribution in [2.45, 2.75) is 37.5 Å². The molecule has 0 fully saturated rings. The summed E-state index contributed by atoms with van der Waals surface area (Å²) in [6, 6.07) is 23.7. The van der Waals surface area contributed by atoms with E-state index in [-0.39, 0.29) is 12.0 Å². The Hall–Kier alpha value is -2.72. The number of carbonyl (C=O) groups excluding carboxylic acids is 1. The number of rotatable bonds is 7. The number of amides is 1. The summed E-state index contributed by atoms with van der Waals surface area (Å²) in [4.78, 5) is 13.8. The Morgan fingerprint density at radius 1 is 1.00 bits per heavy atom. The molecule has 3 aromatic rings. The number of hydrogen-bond donors (Lipinski definition) is 1. The van der Waals surface area contributed by atoms with E-state index in [0.717, 1.165) is 22.8 Å². The van der Waals surface area contributed by atoms with Crippen molar-refractivity contribution in [3.63, 3.8) is 0 Å². The maximum atomic E-state index is 12.5. The number of ether oxygens (including phenoxy) is 1. The smallest absolute Gasteiger partial charge is 0.255 e. The number of anilines is 1. The molecule has 0 spiro atoms. The first kappa shape index (κ1) is 20.0. The topological polar surface area (TPSA) is 38.3 Å². The van der Waals surface area contributed by atoms with E-state index in [1.165, 1.54) is 10.5 Å². The van der Waals surface area contributed by atoms with Crippen LogP contribution in [-0.4, -0.2) is 12.0 Å². The summed E-state index contributed by atoms with van der Waals surface area (Å²) in [5.74, 6) is 1.55. The molecule has 0 aliphatic carbocycles. The summed E-state index contributed by atoms with van der Waals surface area (Å²) in [7, 11) is 0. The molecule has 0 bridgehead atoms. The number of nitrogens with one attached hydrogen (secondary N) is 1. The van der Waals surface area contributed by atoms with Gasteiger partial charge in [-0.2, -0.15) is 0 Å². The van der Waals surface area contributed by atoms with Gasteiger partial charge >= 0.3 is 0 Å². The zero-order valence-corrected chi connectivity index (χ0v) is 17.3. The Kier molecular flexibility index (Phi) is 6.77. The average Bonchev–Trinajstić information content (AvgIpc) is 2.69. The van der Waals surface area contributed by atoms with Crippen LogP contribution in [0.25, 0.3) is 0 Å². The quantitative estimate of drug-likeness (QED) is 0.479. The monoisotopic (exact) mass is 391 g/mol. The fraction of sp³-hybridized carbons (Fsp3) is 0.208. The zero-order chi connectivity index (χ0) is 19.9. The van der Waals surface area contributed by atoms with Crippen LogP contribution < -0.4 is 10.1 Å². The maximum Gasteiger partial charge on any atom is 0.255 e. The van der Waals surface area contributed by atoms with Crippen molar-refractivity contribution in [1.82, 2.24) is 0 Å². The van der Waals surface area contributed by atoms with Crippen molar-refractivity contribution in [3.05, 3.63) is 89.5 Å². The maximum absolute atomic E-state index is 12.5. The van der Waals surface area contributed by atoms with Gasteiger partial charge in [-0.1, -0.05) is 30.3 Å². The van der Waals surface area contributed by atoms with Crippen LogP contribution in [0.3, 0.4) is 0 Å². The number of thioether (sulfide) groups is 1. The van der Waals surface area contributed by atoms with Crippen molar-refractivity contribution >= 4 is 23.4 Å². The van der Waals surface area contributed by atoms with E-state index in [0.29, 0.717) is 5.56 Å². The van der Waals surface area contributed by atoms with Crippen molar-refractivity contribution < 1.29 is 9.53 Å². The molecule has 3 nitrogen and oxygen atoms in total. The van der Waals surface area contributed by atoms with Crippen LogP contribution in [0, 0.1) is 6.92 Å². The molecule has 0 saturated heterocycles. The molecule has 0 aliphatic heterocycles. The summed E-state index contributed by atoms with van der Waals surface area (Å²) in [6.07, 6.45) is 0.112. The molecule has 0 saturated carbocycles. The second kappa shape index (κ2) is 9.47. The molecular weight excluding hydrogens is 366 g/mol. The number of hydrogen-bond acceptors (Lipinski definition) is 3. The van der Waals surface area contributed by atoms with E-state index in [1.54, 1.807) is 23.9 Å². The molecule has 0 aromatic heterocycles. The Morgan fingerprint density at radius 2 is 1.71 bits per heavy atom. The third kappa shape index (κ3) is 5.64. The molecule has 0 unspecified atom stereocenters. The molecule has 3 rings (SSSR count). The fourth-order valence-electron chi connectivity index (χ4n) is 2.79. The highest BCUT2D eigenvalue weighted by atomic mass is 32.2. The first-order valence-electron chi connectivity index (χ1n) is 9.37. The molecule has 1 N–H and O–H groups in total. The van der Waals surface area contributed by atoms with E-state index in [2.05, 4.69) is 29.6 Å². The van der Waals surface area contributed by atoms with Gasteiger partial charge in [0.1, 0.15) is 5.75 Å². The van der Waals surface area contributed by atoms with Crippen molar-refractivity contribution in [2.24, 2.45) is 0 Å². The summed E-state index contributed by atoms with van der Waals surface area (Å²) >= 11 is 1.81. The van der Waals surface area contributed by atoms with Crippen LogP contribution in [-0.2, 0) is 5.75 Å². The first-order valence-corrected chi connectivity index (χ1v) is 10.4. The molecule has 0 radical (unpaired) electrons. The van der Waals surface area contributed by atoms with E-state index < -0.39 is 0 Å². The van der Waals surface area contributed by atoms with Gasteiger partial charge < -0.3 is 10.1 Å². The predicted molar refractivity (Wildman–Crippen MR) is 117 cm³/mol. The van der Waals surface area contributed by atoms with Crippen LogP contribution in [0.1, 0.15) is 35.3 Å². The van der Waals surface area contributed by atoms with Crippen LogP contribution in [0.5, 0.6) is 5.75 Å². The van der Waals surface area contributed by atoms with E-state index in [1.807, 2.05) is 57.2 Å². The zero-order valence-electron chi connectivity index (χ0n) is 16.4. The van der Waals surface area contributed by atoms with Gasteiger partial charge in [0.15, 0.2) is 0 Å². The van der Waals surface area contributed by atoms with Gasteiger partial charge in [0.25, 0.3) is 5.91 Å². The van der Waals surface area contributed by atoms with Crippen LogP contribution in [0.4, 0.5) is 5.69 Å². The molecular formula is C24H25NO2S. The Balaban J connectivity index is 1.61. The average molecular weight is 392 g/mol. The summed E-state index contributed by atoms with van der Waals surface area (Å²) in [5, 5.41) is 3.00. The number of benzene rings is 3. The van der Waals surface area contributed by atoms with E-state index in [4.69, 9.17) is 4.74 Å². The van der Waals surface area contributed by atoms with Crippen LogP contribution >= 0.6 is 11.8 Å². The third-order valence-corrected chi connectivity index (χ3v) is 5.26. The van der Waals surface area contributed by atoms with Crippen LogP contribution in [0.15, 0.2) is 77.7 Å². The molecule has 0 atom stereocenters. The lowest BCUT2D eigenvalue weighted by Crippen LogP contribution is -2.13. The van der Waals surface area contributed by atoms with Gasteiger partial charge in [-0.3, -0.25) is 4.79 Å². The van der Waals surface area contributed by atoms with Crippen molar-refractivity contribution in [2.75, 3.05) is 5.32 Å². The van der Waals surface area contributed by atoms with Gasteiger partial charge in [-0.05, 0) is 74.4 Å². The summed E-state index contributed by atoms with van der Waals surface area (Å²) in [6.45, 7) is 5.97. The lowest BCUT2D eigenvalue weighted by atomic mass is 10.1. The predicted octanol–water partition coefficient (Wildman–Crippen LogP) is 6.33. The molecule has 144 valence electrons. The third-order valence-electron chi connectivity index (χ3n) is 4.18. The van der Waals surface area contributed by atoms with E-state index in [9.17, 15) is 4.79 Å².